The number of nitrogens with zero attached hydrogens (tertiary/aromatic N) is 3. The Morgan fingerprint density at radius 1 is 1.26 bits per heavy atom. The fourth-order valence-electron chi connectivity index (χ4n) is 3.89. The summed E-state index contributed by atoms with van der Waals surface area (Å²) in [6.07, 6.45) is 4.19. The summed E-state index contributed by atoms with van der Waals surface area (Å²) in [5.41, 5.74) is 3.09. The van der Waals surface area contributed by atoms with Crippen molar-refractivity contribution >= 4 is 0 Å². The fraction of sp³-hybridized carbons (Fsp3) is 0.545. The first-order valence-electron chi connectivity index (χ1n) is 10.2. The Morgan fingerprint density at radius 3 is 2.89 bits per heavy atom. The standard InChI is InChI=1S/C22H32N4O/c1-4-5-10-19-14-21(27)24-22(23-19)20-11-7-6-9-18(20)16-26-13-8-12-25(3)15-17(26)2/h6-7,9,11,14,17H,4-5,8,10,12-13,15-16H2,1-3H3,(H,23,24,27)/t17-/m1/s1. The van der Waals surface area contributed by atoms with Crippen molar-refractivity contribution in [3.05, 3.63) is 51.9 Å². The summed E-state index contributed by atoms with van der Waals surface area (Å²) in [7, 11) is 2.20. The fourth-order valence-corrected chi connectivity index (χ4v) is 3.89. The number of aryl methyl sites for hydroxylation is 1. The third-order valence-electron chi connectivity index (χ3n) is 5.41. The van der Waals surface area contributed by atoms with Gasteiger partial charge in [0.15, 0.2) is 0 Å². The zero-order valence-electron chi connectivity index (χ0n) is 16.9. The first kappa shape index (κ1) is 19.8. The average molecular weight is 369 g/mol. The van der Waals surface area contributed by atoms with Gasteiger partial charge in [-0.25, -0.2) is 4.98 Å². The molecule has 5 nitrogen and oxygen atoms in total. The van der Waals surface area contributed by atoms with Gasteiger partial charge in [0.25, 0.3) is 5.56 Å². The Kier molecular flexibility index (Phi) is 6.80. The summed E-state index contributed by atoms with van der Waals surface area (Å²) < 4.78 is 0. The molecule has 5 heteroatoms. The molecule has 2 heterocycles. The molecule has 0 bridgehead atoms. The van der Waals surface area contributed by atoms with E-state index < -0.39 is 0 Å². The number of hydrogen-bond acceptors (Lipinski definition) is 4. The minimum atomic E-state index is -0.0642. The third kappa shape index (κ3) is 5.27. The van der Waals surface area contributed by atoms with Crippen molar-refractivity contribution in [1.29, 1.82) is 0 Å². The molecule has 27 heavy (non-hydrogen) atoms. The minimum Gasteiger partial charge on any atom is -0.307 e. The number of aromatic nitrogens is 2. The molecule has 1 aromatic carbocycles. The zero-order chi connectivity index (χ0) is 19.2. The van der Waals surface area contributed by atoms with Crippen molar-refractivity contribution in [1.82, 2.24) is 19.8 Å². The van der Waals surface area contributed by atoms with E-state index in [1.807, 2.05) is 6.07 Å². The van der Waals surface area contributed by atoms with Crippen LogP contribution in [0.1, 0.15) is 44.4 Å². The van der Waals surface area contributed by atoms with Gasteiger partial charge in [0, 0.05) is 43.0 Å². The van der Waals surface area contributed by atoms with Crippen LogP contribution >= 0.6 is 0 Å². The van der Waals surface area contributed by atoms with Crippen LogP contribution < -0.4 is 5.56 Å². The zero-order valence-corrected chi connectivity index (χ0v) is 16.9. The lowest BCUT2D eigenvalue weighted by Gasteiger charge is -2.28. The molecule has 2 aromatic rings. The second kappa shape index (κ2) is 9.29. The molecule has 1 aromatic heterocycles. The van der Waals surface area contributed by atoms with Crippen LogP contribution in [0, 0.1) is 0 Å². The van der Waals surface area contributed by atoms with Gasteiger partial charge >= 0.3 is 0 Å². The van der Waals surface area contributed by atoms with Crippen molar-refractivity contribution < 1.29 is 0 Å². The quantitative estimate of drug-likeness (QED) is 0.850. The topological polar surface area (TPSA) is 52.2 Å². The first-order chi connectivity index (χ1) is 13.1. The van der Waals surface area contributed by atoms with Crippen molar-refractivity contribution in [3.8, 4) is 11.4 Å². The van der Waals surface area contributed by atoms with Crippen molar-refractivity contribution in [2.24, 2.45) is 0 Å². The number of nitrogens with one attached hydrogen (secondary N) is 1. The van der Waals surface area contributed by atoms with E-state index in [-0.39, 0.29) is 5.56 Å². The molecule has 1 aliphatic heterocycles. The second-order valence-corrected chi connectivity index (χ2v) is 7.78. The molecule has 1 N–H and O–H groups in total. The number of benzene rings is 1. The Labute approximate surface area is 162 Å². The van der Waals surface area contributed by atoms with Gasteiger partial charge in [-0.3, -0.25) is 9.69 Å². The smallest absolute Gasteiger partial charge is 0.251 e. The number of rotatable bonds is 6. The lowest BCUT2D eigenvalue weighted by Crippen LogP contribution is -2.37. The van der Waals surface area contributed by atoms with Crippen LogP contribution in [0.3, 0.4) is 0 Å². The molecule has 0 saturated carbocycles. The van der Waals surface area contributed by atoms with Crippen LogP contribution in [0.5, 0.6) is 0 Å². The van der Waals surface area contributed by atoms with E-state index in [4.69, 9.17) is 4.98 Å². The van der Waals surface area contributed by atoms with Crippen LogP contribution in [0.25, 0.3) is 11.4 Å². The van der Waals surface area contributed by atoms with E-state index in [1.165, 1.54) is 12.0 Å². The Balaban J connectivity index is 1.88. The number of aromatic amines is 1. The maximum absolute atomic E-state index is 12.2. The summed E-state index contributed by atoms with van der Waals surface area (Å²) in [6.45, 7) is 8.67. The van der Waals surface area contributed by atoms with Crippen molar-refractivity contribution in [2.75, 3.05) is 26.7 Å². The Morgan fingerprint density at radius 2 is 2.07 bits per heavy atom. The molecule has 146 valence electrons. The van der Waals surface area contributed by atoms with E-state index in [1.54, 1.807) is 6.07 Å². The van der Waals surface area contributed by atoms with Crippen LogP contribution in [0.4, 0.5) is 0 Å². The van der Waals surface area contributed by atoms with Gasteiger partial charge in [0.05, 0.1) is 0 Å². The third-order valence-corrected chi connectivity index (χ3v) is 5.41. The van der Waals surface area contributed by atoms with Gasteiger partial charge in [-0.1, -0.05) is 37.6 Å². The van der Waals surface area contributed by atoms with Crippen LogP contribution in [-0.2, 0) is 13.0 Å². The Bertz CT molecular complexity index is 801. The maximum atomic E-state index is 12.2. The van der Waals surface area contributed by atoms with Crippen molar-refractivity contribution in [2.45, 2.75) is 52.1 Å². The number of unbranched alkanes of at least 4 members (excludes halogenated alkanes) is 1. The van der Waals surface area contributed by atoms with E-state index in [0.29, 0.717) is 11.9 Å². The average Bonchev–Trinajstić information content (AvgIpc) is 2.80. The lowest BCUT2D eigenvalue weighted by molar-refractivity contribution is 0.195. The highest BCUT2D eigenvalue weighted by Crippen LogP contribution is 2.23. The molecule has 0 spiro atoms. The van der Waals surface area contributed by atoms with E-state index in [9.17, 15) is 4.79 Å². The minimum absolute atomic E-state index is 0.0642. The lowest BCUT2D eigenvalue weighted by atomic mass is 10.0. The summed E-state index contributed by atoms with van der Waals surface area (Å²) >= 11 is 0. The number of hydrogen-bond donors (Lipinski definition) is 1. The highest BCUT2D eigenvalue weighted by Gasteiger charge is 2.21. The monoisotopic (exact) mass is 368 g/mol. The maximum Gasteiger partial charge on any atom is 0.251 e. The molecular formula is C22H32N4O. The molecule has 0 aliphatic carbocycles. The molecule has 1 fully saturated rings. The van der Waals surface area contributed by atoms with Gasteiger partial charge in [0.1, 0.15) is 5.82 Å². The van der Waals surface area contributed by atoms with Crippen LogP contribution in [0.2, 0.25) is 0 Å². The van der Waals surface area contributed by atoms with Gasteiger partial charge in [0.2, 0.25) is 0 Å². The molecule has 0 radical (unpaired) electrons. The predicted molar refractivity (Wildman–Crippen MR) is 111 cm³/mol. The highest BCUT2D eigenvalue weighted by atomic mass is 16.1. The molecule has 1 atom stereocenters. The number of likely N-dealkylation sites (N-methyl/N-ethyl adjacent to an activating group) is 1. The molecular weight excluding hydrogens is 336 g/mol. The normalized spacial score (nSPS) is 19.1. The SMILES string of the molecule is CCCCc1cc(=O)[nH]c(-c2ccccc2CN2CCCN(C)C[C@H]2C)n1. The van der Waals surface area contributed by atoms with E-state index >= 15 is 0 Å². The summed E-state index contributed by atoms with van der Waals surface area (Å²) in [5, 5.41) is 0. The molecule has 0 amide bonds. The number of H-pyrrole nitrogens is 1. The second-order valence-electron chi connectivity index (χ2n) is 7.78. The molecule has 0 unspecified atom stereocenters. The predicted octanol–water partition coefficient (Wildman–Crippen LogP) is 3.31. The van der Waals surface area contributed by atoms with E-state index in [2.05, 4.69) is 53.9 Å². The van der Waals surface area contributed by atoms with Gasteiger partial charge < -0.3 is 9.88 Å². The summed E-state index contributed by atoms with van der Waals surface area (Å²) in [6, 6.07) is 10.5. The largest absolute Gasteiger partial charge is 0.307 e. The van der Waals surface area contributed by atoms with Crippen molar-refractivity contribution in [3.63, 3.8) is 0 Å². The first-order valence-corrected chi connectivity index (χ1v) is 10.2. The van der Waals surface area contributed by atoms with Gasteiger partial charge in [-0.15, -0.1) is 0 Å². The molecule has 1 saturated heterocycles. The van der Waals surface area contributed by atoms with Gasteiger partial charge in [-0.2, -0.15) is 0 Å². The summed E-state index contributed by atoms with van der Waals surface area (Å²) in [4.78, 5) is 24.8. The molecule has 3 rings (SSSR count). The van der Waals surface area contributed by atoms with Crippen LogP contribution in [0.15, 0.2) is 35.1 Å². The van der Waals surface area contributed by atoms with Gasteiger partial charge in [-0.05, 0) is 45.3 Å². The molecule has 1 aliphatic rings. The van der Waals surface area contributed by atoms with E-state index in [0.717, 1.165) is 56.7 Å². The highest BCUT2D eigenvalue weighted by molar-refractivity contribution is 5.60. The Hall–Kier alpha value is -1.98. The summed E-state index contributed by atoms with van der Waals surface area (Å²) in [5.74, 6) is 0.698. The van der Waals surface area contributed by atoms with Crippen LogP contribution in [-0.4, -0.2) is 52.5 Å².